The number of anilines is 6. The van der Waals surface area contributed by atoms with Crippen LogP contribution in [0.25, 0.3) is 0 Å². The van der Waals surface area contributed by atoms with Gasteiger partial charge in [0.15, 0.2) is 28.0 Å². The lowest BCUT2D eigenvalue weighted by Gasteiger charge is -2.32. The number of primary amides is 2. The summed E-state index contributed by atoms with van der Waals surface area (Å²) in [6, 6.07) is 13.7. The van der Waals surface area contributed by atoms with Crippen molar-refractivity contribution in [2.75, 3.05) is 99.2 Å². The minimum Gasteiger partial charge on any atom is -0.378 e. The van der Waals surface area contributed by atoms with Crippen molar-refractivity contribution < 1.29 is 33.4 Å². The molecule has 4 fully saturated rings. The number of morpholine rings is 2. The van der Waals surface area contributed by atoms with Gasteiger partial charge in [-0.15, -0.1) is 31.7 Å². The van der Waals surface area contributed by atoms with Gasteiger partial charge in [-0.1, -0.05) is 0 Å². The summed E-state index contributed by atoms with van der Waals surface area (Å²) in [6.07, 6.45) is 5.09. The quantitative estimate of drug-likeness (QED) is 0.102. The number of carbonyl (C=O) groups excluding carboxylic acids is 5. The van der Waals surface area contributed by atoms with E-state index in [2.05, 4.69) is 51.3 Å². The van der Waals surface area contributed by atoms with Crippen LogP contribution in [0.1, 0.15) is 77.2 Å². The number of hydrogen-bond donors (Lipinski definition) is 6. The number of nitrogens with two attached hydrogens (primary N) is 3. The Bertz CT molecular complexity index is 2600. The summed E-state index contributed by atoms with van der Waals surface area (Å²) in [4.78, 5) is 82.0. The molecule has 69 heavy (non-hydrogen) atoms. The molecule has 362 valence electrons. The molecule has 0 radical (unpaired) electrons. The SMILES string of the molecule is NC(=O)c1nnc(N2CCC[C@@H](N)C2)nc1Nc1ccc(C(=O)N2CCOCC2)cc1.NC(=O)c1nnc(N2CCC[C@@H](NC(=O)c3nccs3)C2)nc1Nc1ccc(C(=O)N2CCOCC2)cc1. The van der Waals surface area contributed by atoms with Crippen LogP contribution in [0.15, 0.2) is 60.1 Å². The molecule has 4 aliphatic heterocycles. The van der Waals surface area contributed by atoms with Crippen molar-refractivity contribution in [3.05, 3.63) is 87.6 Å². The van der Waals surface area contributed by atoms with Gasteiger partial charge in [0.05, 0.1) is 26.4 Å². The van der Waals surface area contributed by atoms with Crippen molar-refractivity contribution in [2.24, 2.45) is 17.2 Å². The third-order valence-electron chi connectivity index (χ3n) is 11.6. The molecule has 0 saturated carbocycles. The van der Waals surface area contributed by atoms with Crippen molar-refractivity contribution in [1.29, 1.82) is 0 Å². The van der Waals surface area contributed by atoms with E-state index in [9.17, 15) is 24.0 Å². The zero-order valence-corrected chi connectivity index (χ0v) is 38.5. The fraction of sp³-hybridized carbons (Fsp3) is 0.409. The zero-order valence-electron chi connectivity index (χ0n) is 37.7. The van der Waals surface area contributed by atoms with E-state index in [-0.39, 0.29) is 52.8 Å². The monoisotopic (exact) mass is 963 g/mol. The molecule has 24 nitrogen and oxygen atoms in total. The normalized spacial score (nSPS) is 18.3. The van der Waals surface area contributed by atoms with Crippen molar-refractivity contribution in [1.82, 2.24) is 50.5 Å². The van der Waals surface area contributed by atoms with E-state index >= 15 is 0 Å². The number of benzene rings is 2. The average molecular weight is 964 g/mol. The predicted molar refractivity (Wildman–Crippen MR) is 254 cm³/mol. The summed E-state index contributed by atoms with van der Waals surface area (Å²) in [5.41, 5.74) is 19.2. The Hall–Kier alpha value is -7.48. The van der Waals surface area contributed by atoms with E-state index in [1.165, 1.54) is 11.3 Å². The van der Waals surface area contributed by atoms with Gasteiger partial charge >= 0.3 is 0 Å². The topological polar surface area (TPSA) is 321 Å². The molecule has 0 aliphatic carbocycles. The predicted octanol–water partition coefficient (Wildman–Crippen LogP) is 1.16. The van der Waals surface area contributed by atoms with Crippen LogP contribution in [0.2, 0.25) is 0 Å². The molecule has 0 spiro atoms. The number of piperidine rings is 2. The molecule has 5 aromatic rings. The van der Waals surface area contributed by atoms with Gasteiger partial charge in [-0.3, -0.25) is 24.0 Å². The van der Waals surface area contributed by atoms with Crippen LogP contribution in [0.5, 0.6) is 0 Å². The summed E-state index contributed by atoms with van der Waals surface area (Å²) in [5.74, 6) is -0.758. The Kier molecular flexibility index (Phi) is 15.7. The smallest absolute Gasteiger partial charge is 0.280 e. The van der Waals surface area contributed by atoms with E-state index in [4.69, 9.17) is 26.7 Å². The van der Waals surface area contributed by atoms with Gasteiger partial charge in [0, 0.05) is 98.5 Å². The van der Waals surface area contributed by atoms with E-state index < -0.39 is 11.8 Å². The first-order chi connectivity index (χ1) is 33.5. The van der Waals surface area contributed by atoms with Gasteiger partial charge in [-0.2, -0.15) is 9.97 Å². The van der Waals surface area contributed by atoms with Gasteiger partial charge < -0.3 is 62.2 Å². The maximum absolute atomic E-state index is 12.7. The zero-order chi connectivity index (χ0) is 48.3. The summed E-state index contributed by atoms with van der Waals surface area (Å²) < 4.78 is 10.6. The number of carbonyl (C=O) groups is 5. The molecule has 4 aliphatic rings. The van der Waals surface area contributed by atoms with Gasteiger partial charge in [0.1, 0.15) is 0 Å². The van der Waals surface area contributed by atoms with E-state index in [1.54, 1.807) is 69.9 Å². The fourth-order valence-electron chi connectivity index (χ4n) is 8.02. The molecule has 9 rings (SSSR count). The Morgan fingerprint density at radius 1 is 0.623 bits per heavy atom. The molecular formula is C44H53N17O7S. The first kappa shape index (κ1) is 48.0. The highest BCUT2D eigenvalue weighted by Crippen LogP contribution is 2.25. The number of thiazole rings is 1. The lowest BCUT2D eigenvalue weighted by Crippen LogP contribution is -2.48. The number of aromatic nitrogens is 7. The molecular weight excluding hydrogens is 911 g/mol. The molecule has 0 bridgehead atoms. The molecule has 9 N–H and O–H groups in total. The van der Waals surface area contributed by atoms with Crippen LogP contribution in [0.4, 0.5) is 34.9 Å². The number of amides is 5. The molecule has 2 aromatic carbocycles. The molecule has 5 amide bonds. The molecule has 2 atom stereocenters. The molecule has 0 unspecified atom stereocenters. The summed E-state index contributed by atoms with van der Waals surface area (Å²) in [7, 11) is 0. The Morgan fingerprint density at radius 3 is 1.55 bits per heavy atom. The lowest BCUT2D eigenvalue weighted by molar-refractivity contribution is 0.0301. The molecule has 7 heterocycles. The summed E-state index contributed by atoms with van der Waals surface area (Å²) in [6.45, 7) is 6.96. The maximum atomic E-state index is 12.7. The average Bonchev–Trinajstić information content (AvgIpc) is 3.93. The fourth-order valence-corrected chi connectivity index (χ4v) is 8.56. The van der Waals surface area contributed by atoms with Crippen LogP contribution >= 0.6 is 11.3 Å². The summed E-state index contributed by atoms with van der Waals surface area (Å²) >= 11 is 1.28. The van der Waals surface area contributed by atoms with Gasteiger partial charge in [-0.05, 0) is 74.2 Å². The molecule has 4 saturated heterocycles. The second kappa shape index (κ2) is 22.5. The number of nitrogens with zero attached hydrogens (tertiary/aromatic N) is 11. The minimum atomic E-state index is -0.773. The van der Waals surface area contributed by atoms with E-state index in [0.29, 0.717) is 112 Å². The largest absolute Gasteiger partial charge is 0.378 e. The van der Waals surface area contributed by atoms with Crippen LogP contribution in [0, 0.1) is 0 Å². The van der Waals surface area contributed by atoms with Crippen molar-refractivity contribution >= 4 is 75.8 Å². The van der Waals surface area contributed by atoms with Crippen molar-refractivity contribution in [2.45, 2.75) is 37.8 Å². The van der Waals surface area contributed by atoms with Crippen LogP contribution in [-0.4, -0.2) is 166 Å². The highest BCUT2D eigenvalue weighted by atomic mass is 32.1. The molecule has 3 aromatic heterocycles. The number of hydrogen-bond acceptors (Lipinski definition) is 20. The minimum absolute atomic E-state index is 0.0416. The number of ether oxygens (including phenoxy) is 2. The molecule has 25 heteroatoms. The summed E-state index contributed by atoms with van der Waals surface area (Å²) in [5, 5.41) is 27.5. The third-order valence-corrected chi connectivity index (χ3v) is 12.4. The van der Waals surface area contributed by atoms with Crippen LogP contribution in [0.3, 0.4) is 0 Å². The van der Waals surface area contributed by atoms with E-state index in [0.717, 1.165) is 32.2 Å². The highest BCUT2D eigenvalue weighted by Gasteiger charge is 2.27. The number of rotatable bonds is 12. The van der Waals surface area contributed by atoms with Gasteiger partial charge in [-0.25, -0.2) is 4.98 Å². The standard InChI is InChI=1S/C24H27N9O4S.C20H26N8O3/c25-19(34)18-20(27-16-5-3-15(4-6-16)23(36)32-9-11-37-12-10-32)29-24(31-30-18)33-8-1-2-17(14-33)28-21(35)22-26-7-13-38-22;21-14-2-1-7-28(12-14)20-24-18(16(17(22)29)25-26-20)23-15-5-3-13(4-6-15)19(30)27-8-10-31-11-9-27/h3-7,13,17H,1-2,8-12,14H2,(H2,25,34)(H,28,35)(H,27,29,31);3-6,14H,1-2,7-12,21H2,(H2,22,29)(H,23,24,26)/t17-;14-/m11/s1. The van der Waals surface area contributed by atoms with Crippen LogP contribution in [-0.2, 0) is 9.47 Å². The van der Waals surface area contributed by atoms with Gasteiger partial charge in [0.2, 0.25) is 11.9 Å². The second-order valence-corrected chi connectivity index (χ2v) is 17.4. The van der Waals surface area contributed by atoms with Crippen molar-refractivity contribution in [3.8, 4) is 0 Å². The van der Waals surface area contributed by atoms with E-state index in [1.807, 2.05) is 9.80 Å². The maximum Gasteiger partial charge on any atom is 0.280 e. The lowest BCUT2D eigenvalue weighted by atomic mass is 10.1. The third kappa shape index (κ3) is 12.4. The Labute approximate surface area is 400 Å². The first-order valence-corrected chi connectivity index (χ1v) is 23.4. The van der Waals surface area contributed by atoms with Crippen molar-refractivity contribution in [3.63, 3.8) is 0 Å². The highest BCUT2D eigenvalue weighted by molar-refractivity contribution is 7.11. The Morgan fingerprint density at radius 2 is 1.10 bits per heavy atom. The number of nitrogens with one attached hydrogen (secondary N) is 3. The Balaban J connectivity index is 0.000000190. The first-order valence-electron chi connectivity index (χ1n) is 22.5. The van der Waals surface area contributed by atoms with Gasteiger partial charge in [0.25, 0.3) is 29.5 Å². The second-order valence-electron chi connectivity index (χ2n) is 16.5. The van der Waals surface area contributed by atoms with Crippen LogP contribution < -0.4 is 43.0 Å².